The van der Waals surface area contributed by atoms with Gasteiger partial charge in [0.15, 0.2) is 0 Å². The molecule has 31 heavy (non-hydrogen) atoms. The van der Waals surface area contributed by atoms with E-state index in [9.17, 15) is 9.90 Å². The zero-order valence-corrected chi connectivity index (χ0v) is 18.1. The van der Waals surface area contributed by atoms with Crippen molar-refractivity contribution in [1.82, 2.24) is 20.0 Å². The van der Waals surface area contributed by atoms with E-state index in [1.54, 1.807) is 29.3 Å². The lowest BCUT2D eigenvalue weighted by molar-refractivity contribution is -0.130. The van der Waals surface area contributed by atoms with Crippen LogP contribution in [0, 0.1) is 0 Å². The molecule has 1 heterocycles. The van der Waals surface area contributed by atoms with Crippen LogP contribution < -0.4 is 4.74 Å². The molecule has 0 atom stereocenters. The summed E-state index contributed by atoms with van der Waals surface area (Å²) in [7, 11) is 5.79. The van der Waals surface area contributed by atoms with E-state index < -0.39 is 0 Å². The van der Waals surface area contributed by atoms with Gasteiger partial charge in [0.25, 0.3) is 0 Å². The largest absolute Gasteiger partial charge is 0.508 e. The highest BCUT2D eigenvalue weighted by atomic mass is 16.5. The summed E-state index contributed by atoms with van der Waals surface area (Å²) in [5.41, 5.74) is 2.87. The molecule has 0 radical (unpaired) electrons. The Hall–Kier alpha value is -3.32. The summed E-state index contributed by atoms with van der Waals surface area (Å²) in [5.74, 6) is 1.04. The number of carbonyl (C=O) groups is 1. The molecule has 0 bridgehead atoms. The Morgan fingerprint density at radius 3 is 2.65 bits per heavy atom. The second-order valence-corrected chi connectivity index (χ2v) is 8.33. The van der Waals surface area contributed by atoms with Crippen molar-refractivity contribution in [2.45, 2.75) is 25.0 Å². The first-order valence-corrected chi connectivity index (χ1v) is 10.4. The number of hydrogen-bond donors (Lipinski definition) is 2. The van der Waals surface area contributed by atoms with E-state index in [1.165, 1.54) is 0 Å². The minimum Gasteiger partial charge on any atom is -0.508 e. The first-order chi connectivity index (χ1) is 14.9. The number of carbonyl (C=O) groups excluding carboxylic acids is 1. The summed E-state index contributed by atoms with van der Waals surface area (Å²) in [6.45, 7) is 0.744. The van der Waals surface area contributed by atoms with Crippen molar-refractivity contribution in [3.05, 3.63) is 54.7 Å². The molecule has 0 spiro atoms. The predicted molar refractivity (Wildman–Crippen MR) is 121 cm³/mol. The number of benzene rings is 2. The van der Waals surface area contributed by atoms with Gasteiger partial charge < -0.3 is 19.6 Å². The molecule has 1 saturated carbocycles. The molecule has 0 saturated heterocycles. The fourth-order valence-corrected chi connectivity index (χ4v) is 3.73. The van der Waals surface area contributed by atoms with Crippen molar-refractivity contribution >= 4 is 16.8 Å². The van der Waals surface area contributed by atoms with Crippen LogP contribution >= 0.6 is 0 Å². The molecule has 1 aromatic heterocycles. The molecule has 1 aliphatic rings. The van der Waals surface area contributed by atoms with Crippen LogP contribution in [0.15, 0.2) is 54.7 Å². The molecule has 2 aromatic carbocycles. The van der Waals surface area contributed by atoms with E-state index in [2.05, 4.69) is 10.2 Å². The second kappa shape index (κ2) is 8.81. The number of likely N-dealkylation sites (N-methyl/N-ethyl adjacent to an activating group) is 2. The van der Waals surface area contributed by atoms with E-state index in [0.29, 0.717) is 0 Å². The number of H-pyrrole nitrogens is 1. The normalized spacial score (nSPS) is 18.5. The molecular weight excluding hydrogens is 392 g/mol. The lowest BCUT2D eigenvalue weighted by atomic mass is 9.88. The molecule has 1 amide bonds. The summed E-state index contributed by atoms with van der Waals surface area (Å²) in [4.78, 5) is 16.2. The Labute approximate surface area is 181 Å². The molecule has 2 N–H and O–H groups in total. The third-order valence-electron chi connectivity index (χ3n) is 5.71. The molecule has 0 unspecified atom stereocenters. The number of aromatic nitrogens is 2. The zero-order valence-electron chi connectivity index (χ0n) is 18.1. The van der Waals surface area contributed by atoms with Crippen LogP contribution in [0.4, 0.5) is 0 Å². The van der Waals surface area contributed by atoms with Gasteiger partial charge in [0.1, 0.15) is 17.6 Å². The van der Waals surface area contributed by atoms with Gasteiger partial charge in [0.2, 0.25) is 5.91 Å². The van der Waals surface area contributed by atoms with E-state index in [4.69, 9.17) is 4.74 Å². The lowest BCUT2D eigenvalue weighted by Gasteiger charge is -2.40. The van der Waals surface area contributed by atoms with Gasteiger partial charge in [-0.2, -0.15) is 5.10 Å². The Bertz CT molecular complexity index is 1080. The molecule has 4 rings (SSSR count). The van der Waals surface area contributed by atoms with Gasteiger partial charge in [-0.3, -0.25) is 9.89 Å². The number of nitrogens with one attached hydrogen (secondary N) is 1. The first kappa shape index (κ1) is 20.9. The van der Waals surface area contributed by atoms with Crippen molar-refractivity contribution in [1.29, 1.82) is 0 Å². The van der Waals surface area contributed by atoms with Crippen LogP contribution in [0.5, 0.6) is 11.5 Å². The summed E-state index contributed by atoms with van der Waals surface area (Å²) >= 11 is 0. The fourth-order valence-electron chi connectivity index (χ4n) is 3.73. The number of ether oxygens (including phenoxy) is 1. The predicted octanol–water partition coefficient (Wildman–Crippen LogP) is 3.42. The monoisotopic (exact) mass is 420 g/mol. The van der Waals surface area contributed by atoms with Crippen LogP contribution in [-0.4, -0.2) is 70.8 Å². The third-order valence-corrected chi connectivity index (χ3v) is 5.71. The van der Waals surface area contributed by atoms with Crippen LogP contribution in [-0.2, 0) is 4.79 Å². The van der Waals surface area contributed by atoms with E-state index >= 15 is 0 Å². The molecule has 0 aliphatic heterocycles. The first-order valence-electron chi connectivity index (χ1n) is 10.4. The Morgan fingerprint density at radius 2 is 1.94 bits per heavy atom. The maximum absolute atomic E-state index is 12.3. The second-order valence-electron chi connectivity index (χ2n) is 8.33. The lowest BCUT2D eigenvalue weighted by Crippen LogP contribution is -2.49. The number of phenolic OH excluding ortho intramolecular Hbond substituents is 1. The minimum atomic E-state index is 0.0249. The number of rotatable bonds is 7. The van der Waals surface area contributed by atoms with E-state index in [0.717, 1.165) is 47.2 Å². The SMILES string of the molecule is CN(C)C/C=C/C(=O)N(C)[C@H]1C[C@@H](Oc2cc(-c3ccc(O)cc3)cc3[nH]ncc23)C1. The van der Waals surface area contributed by atoms with Gasteiger partial charge in [0.05, 0.1) is 17.1 Å². The number of hydrogen-bond acceptors (Lipinski definition) is 5. The molecule has 162 valence electrons. The van der Waals surface area contributed by atoms with Gasteiger partial charge in [-0.1, -0.05) is 18.2 Å². The van der Waals surface area contributed by atoms with E-state index in [-0.39, 0.29) is 23.8 Å². The average molecular weight is 421 g/mol. The van der Waals surface area contributed by atoms with Crippen molar-refractivity contribution in [2.24, 2.45) is 0 Å². The molecule has 7 heteroatoms. The van der Waals surface area contributed by atoms with Crippen LogP contribution in [0.1, 0.15) is 12.8 Å². The Morgan fingerprint density at radius 1 is 1.19 bits per heavy atom. The average Bonchev–Trinajstić information content (AvgIpc) is 3.18. The quantitative estimate of drug-likeness (QED) is 0.573. The van der Waals surface area contributed by atoms with Crippen molar-refractivity contribution in [3.8, 4) is 22.6 Å². The third kappa shape index (κ3) is 4.72. The number of aromatic hydroxyl groups is 1. The van der Waals surface area contributed by atoms with Crippen molar-refractivity contribution in [2.75, 3.05) is 27.7 Å². The fraction of sp³-hybridized carbons (Fsp3) is 0.333. The molecular formula is C24H28N4O3. The molecule has 1 fully saturated rings. The highest BCUT2D eigenvalue weighted by Gasteiger charge is 2.35. The summed E-state index contributed by atoms with van der Waals surface area (Å²) in [5, 5.41) is 17.7. The summed E-state index contributed by atoms with van der Waals surface area (Å²) in [6, 6.07) is 11.3. The highest BCUT2D eigenvalue weighted by Crippen LogP contribution is 2.36. The topological polar surface area (TPSA) is 81.7 Å². The van der Waals surface area contributed by atoms with Crippen LogP contribution in [0.3, 0.4) is 0 Å². The van der Waals surface area contributed by atoms with Gasteiger partial charge in [-0.15, -0.1) is 0 Å². The maximum Gasteiger partial charge on any atom is 0.246 e. The van der Waals surface area contributed by atoms with Crippen molar-refractivity contribution in [3.63, 3.8) is 0 Å². The van der Waals surface area contributed by atoms with Gasteiger partial charge in [-0.25, -0.2) is 0 Å². The maximum atomic E-state index is 12.3. The van der Waals surface area contributed by atoms with E-state index in [1.807, 2.05) is 56.4 Å². The summed E-state index contributed by atoms with van der Waals surface area (Å²) < 4.78 is 6.31. The highest BCUT2D eigenvalue weighted by molar-refractivity contribution is 5.90. The van der Waals surface area contributed by atoms with Gasteiger partial charge in [0, 0.05) is 38.6 Å². The van der Waals surface area contributed by atoms with Crippen molar-refractivity contribution < 1.29 is 14.6 Å². The summed E-state index contributed by atoms with van der Waals surface area (Å²) in [6.07, 6.45) is 6.95. The molecule has 1 aliphatic carbocycles. The minimum absolute atomic E-state index is 0.0249. The molecule has 3 aromatic rings. The number of amides is 1. The number of phenols is 1. The number of aromatic amines is 1. The molecule has 7 nitrogen and oxygen atoms in total. The Kier molecular flexibility index (Phi) is 5.95. The standard InChI is InChI=1S/C24H28N4O3/c1-27(2)10-4-5-24(30)28(3)18-13-20(14-18)31-23-12-17(11-22-21(23)15-25-26-22)16-6-8-19(29)9-7-16/h4-9,11-12,15,18,20,29H,10,13-14H2,1-3H3,(H,25,26)/b5-4+/t18-,20+. The Balaban J connectivity index is 1.43. The van der Waals surface area contributed by atoms with Crippen LogP contribution in [0.2, 0.25) is 0 Å². The smallest absolute Gasteiger partial charge is 0.246 e. The van der Waals surface area contributed by atoms with Crippen LogP contribution in [0.25, 0.3) is 22.0 Å². The number of fused-ring (bicyclic) bond motifs is 1. The number of nitrogens with zero attached hydrogens (tertiary/aromatic N) is 3. The van der Waals surface area contributed by atoms with Gasteiger partial charge >= 0.3 is 0 Å². The van der Waals surface area contributed by atoms with Gasteiger partial charge in [-0.05, 0) is 49.5 Å². The zero-order chi connectivity index (χ0) is 22.0.